The summed E-state index contributed by atoms with van der Waals surface area (Å²) in [4.78, 5) is 27.6. The van der Waals surface area contributed by atoms with Crippen LogP contribution in [0.1, 0.15) is 75.1 Å². The van der Waals surface area contributed by atoms with Crippen LogP contribution in [0.3, 0.4) is 0 Å². The molecule has 1 unspecified atom stereocenters. The number of aryl methyl sites for hydroxylation is 2. The Hall–Kier alpha value is -2.62. The fourth-order valence-corrected chi connectivity index (χ4v) is 3.59. The van der Waals surface area contributed by atoms with Gasteiger partial charge in [-0.2, -0.15) is 0 Å². The van der Waals surface area contributed by atoms with Crippen molar-refractivity contribution in [2.75, 3.05) is 6.54 Å². The molecule has 31 heavy (non-hydrogen) atoms. The van der Waals surface area contributed by atoms with Crippen molar-refractivity contribution in [1.82, 2.24) is 10.2 Å². The zero-order valence-corrected chi connectivity index (χ0v) is 19.8. The molecule has 0 aliphatic carbocycles. The van der Waals surface area contributed by atoms with Gasteiger partial charge in [0.15, 0.2) is 0 Å². The predicted molar refractivity (Wildman–Crippen MR) is 128 cm³/mol. The Labute approximate surface area is 188 Å². The Morgan fingerprint density at radius 2 is 1.71 bits per heavy atom. The summed E-state index contributed by atoms with van der Waals surface area (Å²) >= 11 is 0. The van der Waals surface area contributed by atoms with Gasteiger partial charge in [0, 0.05) is 19.5 Å². The van der Waals surface area contributed by atoms with Crippen LogP contribution in [0.25, 0.3) is 0 Å². The molecule has 1 atom stereocenters. The van der Waals surface area contributed by atoms with Crippen molar-refractivity contribution >= 4 is 11.8 Å². The number of nitrogens with one attached hydrogen (secondary N) is 1. The van der Waals surface area contributed by atoms with Crippen LogP contribution in [0.2, 0.25) is 0 Å². The fourth-order valence-electron chi connectivity index (χ4n) is 3.59. The van der Waals surface area contributed by atoms with E-state index in [1.807, 2.05) is 32.0 Å². The second-order valence-electron chi connectivity index (χ2n) is 8.73. The van der Waals surface area contributed by atoms with E-state index in [-0.39, 0.29) is 11.8 Å². The Kier molecular flexibility index (Phi) is 9.77. The van der Waals surface area contributed by atoms with Gasteiger partial charge in [0.05, 0.1) is 0 Å². The molecule has 2 amide bonds. The standard InChI is InChI=1S/C27H38N2O2/c1-6-7-17-28-27(31)22(5)29(19-24-10-8-9-21(4)18-24)26(30)16-13-23-11-14-25(15-12-23)20(2)3/h8-12,14-15,18,20,22H,6-7,13,16-17,19H2,1-5H3,(H,28,31). The molecule has 2 rings (SSSR count). The van der Waals surface area contributed by atoms with E-state index < -0.39 is 6.04 Å². The first kappa shape index (κ1) is 24.6. The maximum atomic E-state index is 13.2. The molecule has 2 aromatic rings. The summed E-state index contributed by atoms with van der Waals surface area (Å²) < 4.78 is 0. The third kappa shape index (κ3) is 7.86. The lowest BCUT2D eigenvalue weighted by Gasteiger charge is -2.29. The quantitative estimate of drug-likeness (QED) is 0.494. The topological polar surface area (TPSA) is 49.4 Å². The first-order valence-corrected chi connectivity index (χ1v) is 11.5. The minimum atomic E-state index is -0.506. The minimum absolute atomic E-state index is 0.00702. The van der Waals surface area contributed by atoms with Crippen molar-refractivity contribution in [2.24, 2.45) is 0 Å². The van der Waals surface area contributed by atoms with Crippen LogP contribution in [0.4, 0.5) is 0 Å². The van der Waals surface area contributed by atoms with Crippen molar-refractivity contribution in [3.05, 3.63) is 70.8 Å². The Morgan fingerprint density at radius 1 is 1.00 bits per heavy atom. The van der Waals surface area contributed by atoms with Gasteiger partial charge in [0.2, 0.25) is 11.8 Å². The highest BCUT2D eigenvalue weighted by molar-refractivity contribution is 5.87. The Balaban J connectivity index is 2.09. The molecule has 0 aromatic heterocycles. The number of unbranched alkanes of at least 4 members (excludes halogenated alkanes) is 1. The van der Waals surface area contributed by atoms with Gasteiger partial charge in [-0.15, -0.1) is 0 Å². The van der Waals surface area contributed by atoms with Gasteiger partial charge in [0.25, 0.3) is 0 Å². The van der Waals surface area contributed by atoms with E-state index in [1.165, 1.54) is 5.56 Å². The van der Waals surface area contributed by atoms with E-state index in [4.69, 9.17) is 0 Å². The van der Waals surface area contributed by atoms with Crippen molar-refractivity contribution in [3.8, 4) is 0 Å². The maximum Gasteiger partial charge on any atom is 0.242 e. The van der Waals surface area contributed by atoms with E-state index in [9.17, 15) is 9.59 Å². The average molecular weight is 423 g/mol. The number of hydrogen-bond donors (Lipinski definition) is 1. The maximum absolute atomic E-state index is 13.2. The highest BCUT2D eigenvalue weighted by Crippen LogP contribution is 2.17. The lowest BCUT2D eigenvalue weighted by atomic mass is 10.00. The van der Waals surface area contributed by atoms with Crippen LogP contribution >= 0.6 is 0 Å². The molecule has 4 nitrogen and oxygen atoms in total. The van der Waals surface area contributed by atoms with Crippen LogP contribution in [-0.4, -0.2) is 29.3 Å². The summed E-state index contributed by atoms with van der Waals surface area (Å²) in [6.45, 7) is 11.4. The largest absolute Gasteiger partial charge is 0.354 e. The number of carbonyl (C=O) groups excluding carboxylic acids is 2. The van der Waals surface area contributed by atoms with Gasteiger partial charge in [-0.25, -0.2) is 0 Å². The van der Waals surface area contributed by atoms with Gasteiger partial charge in [-0.1, -0.05) is 81.3 Å². The van der Waals surface area contributed by atoms with Crippen LogP contribution in [0.5, 0.6) is 0 Å². The zero-order valence-electron chi connectivity index (χ0n) is 19.8. The molecule has 0 saturated carbocycles. The summed E-state index contributed by atoms with van der Waals surface area (Å²) in [5.74, 6) is 0.413. The highest BCUT2D eigenvalue weighted by Gasteiger charge is 2.25. The van der Waals surface area contributed by atoms with E-state index in [2.05, 4.69) is 56.4 Å². The van der Waals surface area contributed by atoms with E-state index in [0.29, 0.717) is 31.8 Å². The number of rotatable bonds is 11. The van der Waals surface area contributed by atoms with Crippen molar-refractivity contribution in [2.45, 2.75) is 78.8 Å². The summed E-state index contributed by atoms with van der Waals surface area (Å²) in [5, 5.41) is 2.97. The van der Waals surface area contributed by atoms with Crippen molar-refractivity contribution < 1.29 is 9.59 Å². The van der Waals surface area contributed by atoms with Crippen LogP contribution in [-0.2, 0) is 22.6 Å². The van der Waals surface area contributed by atoms with Crippen LogP contribution in [0.15, 0.2) is 48.5 Å². The minimum Gasteiger partial charge on any atom is -0.354 e. The number of amides is 2. The van der Waals surface area contributed by atoms with Crippen LogP contribution in [0, 0.1) is 6.92 Å². The van der Waals surface area contributed by atoms with Crippen LogP contribution < -0.4 is 5.32 Å². The third-order valence-corrected chi connectivity index (χ3v) is 5.71. The first-order chi connectivity index (χ1) is 14.8. The molecule has 2 aromatic carbocycles. The molecule has 4 heteroatoms. The van der Waals surface area contributed by atoms with Gasteiger partial charge in [0.1, 0.15) is 6.04 Å². The van der Waals surface area contributed by atoms with E-state index >= 15 is 0 Å². The van der Waals surface area contributed by atoms with Gasteiger partial charge in [-0.05, 0) is 49.3 Å². The predicted octanol–water partition coefficient (Wildman–Crippen LogP) is 5.38. The lowest BCUT2D eigenvalue weighted by Crippen LogP contribution is -2.47. The van der Waals surface area contributed by atoms with Gasteiger partial charge < -0.3 is 10.2 Å². The zero-order chi connectivity index (χ0) is 22.8. The third-order valence-electron chi connectivity index (χ3n) is 5.71. The van der Waals surface area contributed by atoms with Crippen molar-refractivity contribution in [3.63, 3.8) is 0 Å². The summed E-state index contributed by atoms with van der Waals surface area (Å²) in [7, 11) is 0. The van der Waals surface area contributed by atoms with E-state index in [1.54, 1.807) is 4.90 Å². The summed E-state index contributed by atoms with van der Waals surface area (Å²) in [6, 6.07) is 16.1. The molecule has 0 spiro atoms. The smallest absolute Gasteiger partial charge is 0.242 e. The molecule has 0 aliphatic heterocycles. The second-order valence-corrected chi connectivity index (χ2v) is 8.73. The van der Waals surface area contributed by atoms with Crippen molar-refractivity contribution in [1.29, 1.82) is 0 Å². The summed E-state index contributed by atoms with van der Waals surface area (Å²) in [6.07, 6.45) is 3.03. The molecule has 0 radical (unpaired) electrons. The molecular formula is C27H38N2O2. The number of hydrogen-bond acceptors (Lipinski definition) is 2. The fraction of sp³-hybridized carbons (Fsp3) is 0.481. The van der Waals surface area contributed by atoms with Gasteiger partial charge in [-0.3, -0.25) is 9.59 Å². The SMILES string of the molecule is CCCCNC(=O)C(C)N(Cc1cccc(C)c1)C(=O)CCc1ccc(C(C)C)cc1. The Morgan fingerprint density at radius 3 is 2.32 bits per heavy atom. The number of nitrogens with zero attached hydrogens (tertiary/aromatic N) is 1. The molecule has 0 bridgehead atoms. The molecule has 0 heterocycles. The number of benzene rings is 2. The number of carbonyl (C=O) groups is 2. The highest BCUT2D eigenvalue weighted by atomic mass is 16.2. The molecule has 0 aliphatic rings. The normalized spacial score (nSPS) is 11.9. The lowest BCUT2D eigenvalue weighted by molar-refractivity contribution is -0.140. The monoisotopic (exact) mass is 422 g/mol. The molecule has 1 N–H and O–H groups in total. The van der Waals surface area contributed by atoms with Gasteiger partial charge >= 0.3 is 0 Å². The molecule has 0 fully saturated rings. The molecule has 0 saturated heterocycles. The molecular weight excluding hydrogens is 384 g/mol. The summed E-state index contributed by atoms with van der Waals surface area (Å²) in [5.41, 5.74) is 4.64. The molecule has 168 valence electrons. The van der Waals surface area contributed by atoms with E-state index in [0.717, 1.165) is 29.5 Å². The first-order valence-electron chi connectivity index (χ1n) is 11.5. The second kappa shape index (κ2) is 12.3. The Bertz CT molecular complexity index is 843. The average Bonchev–Trinajstić information content (AvgIpc) is 2.75.